The van der Waals surface area contributed by atoms with Gasteiger partial charge in [0.1, 0.15) is 6.61 Å². The van der Waals surface area contributed by atoms with Crippen molar-refractivity contribution in [3.05, 3.63) is 60.8 Å². The molecule has 1 unspecified atom stereocenters. The van der Waals surface area contributed by atoms with Crippen molar-refractivity contribution in [3.63, 3.8) is 0 Å². The molecule has 0 aromatic heterocycles. The van der Waals surface area contributed by atoms with Gasteiger partial charge in [-0.1, -0.05) is 190 Å². The molecule has 0 saturated carbocycles. The molecule has 0 aliphatic rings. The van der Waals surface area contributed by atoms with Gasteiger partial charge in [-0.2, -0.15) is 0 Å². The minimum atomic E-state index is -0.769. The van der Waals surface area contributed by atoms with Gasteiger partial charge in [-0.05, 0) is 57.8 Å². The maximum absolute atomic E-state index is 12.2. The summed E-state index contributed by atoms with van der Waals surface area (Å²) < 4.78 is 10.6. The predicted octanol–water partition coefficient (Wildman–Crippen LogP) is 13.6. The van der Waals surface area contributed by atoms with Crippen molar-refractivity contribution in [2.24, 2.45) is 0 Å². The summed E-state index contributed by atoms with van der Waals surface area (Å²) in [5, 5.41) is 9.53. The molecule has 5 nitrogen and oxygen atoms in total. The van der Waals surface area contributed by atoms with Crippen LogP contribution in [0.5, 0.6) is 0 Å². The number of aliphatic hydroxyl groups is 1. The Balaban J connectivity index is 3.49. The van der Waals surface area contributed by atoms with Gasteiger partial charge in [0.05, 0.1) is 6.61 Å². The van der Waals surface area contributed by atoms with Crippen LogP contribution in [0.1, 0.15) is 200 Å². The molecule has 51 heavy (non-hydrogen) atoms. The van der Waals surface area contributed by atoms with Crippen LogP contribution in [0.3, 0.4) is 0 Å². The van der Waals surface area contributed by atoms with E-state index in [0.29, 0.717) is 12.8 Å². The molecule has 0 bridgehead atoms. The number of unbranched alkanes of at least 4 members (excludes halogenated alkanes) is 20. The van der Waals surface area contributed by atoms with E-state index in [1.54, 1.807) is 0 Å². The molecule has 0 aliphatic heterocycles. The number of hydrogen-bond donors (Lipinski definition) is 1. The molecule has 294 valence electrons. The van der Waals surface area contributed by atoms with Gasteiger partial charge in [-0.3, -0.25) is 9.59 Å². The average Bonchev–Trinajstić information content (AvgIpc) is 3.13. The number of rotatable bonds is 38. The topological polar surface area (TPSA) is 72.8 Å². The summed E-state index contributed by atoms with van der Waals surface area (Å²) in [7, 11) is 0. The highest BCUT2D eigenvalue weighted by molar-refractivity contribution is 5.70. The number of carbonyl (C=O) groups is 2. The van der Waals surface area contributed by atoms with Crippen molar-refractivity contribution < 1.29 is 24.2 Å². The summed E-state index contributed by atoms with van der Waals surface area (Å²) in [4.78, 5) is 24.1. The number of esters is 2. The van der Waals surface area contributed by atoms with Crippen LogP contribution in [0.25, 0.3) is 0 Å². The molecule has 0 heterocycles. The van der Waals surface area contributed by atoms with Crippen molar-refractivity contribution in [1.82, 2.24) is 0 Å². The molecule has 1 N–H and O–H groups in total. The Bertz CT molecular complexity index is 899. The Morgan fingerprint density at radius 3 is 1.27 bits per heavy atom. The van der Waals surface area contributed by atoms with Gasteiger partial charge < -0.3 is 14.6 Å². The van der Waals surface area contributed by atoms with Gasteiger partial charge >= 0.3 is 11.9 Å². The highest BCUT2D eigenvalue weighted by Crippen LogP contribution is 2.14. The zero-order valence-electron chi connectivity index (χ0n) is 33.4. The van der Waals surface area contributed by atoms with Crippen LogP contribution < -0.4 is 0 Å². The SMILES string of the molecule is CC/C=C\C/C=C\C/C=C\C/C=C\C/C=C\CCCCCCCCCCCCCCCC(=O)OC(CO)COC(=O)CCCCCCCCCC. The van der Waals surface area contributed by atoms with Gasteiger partial charge in [0.25, 0.3) is 0 Å². The van der Waals surface area contributed by atoms with Crippen molar-refractivity contribution in [2.45, 2.75) is 206 Å². The second-order valence-corrected chi connectivity index (χ2v) is 14.0. The lowest BCUT2D eigenvalue weighted by atomic mass is 10.0. The fraction of sp³-hybridized carbons (Fsp3) is 0.739. The van der Waals surface area contributed by atoms with E-state index in [1.807, 2.05) is 0 Å². The zero-order chi connectivity index (χ0) is 37.1. The first-order valence-electron chi connectivity index (χ1n) is 21.3. The fourth-order valence-electron chi connectivity index (χ4n) is 5.87. The second kappa shape index (κ2) is 42.0. The summed E-state index contributed by atoms with van der Waals surface area (Å²) in [6, 6.07) is 0. The first-order valence-corrected chi connectivity index (χ1v) is 21.3. The van der Waals surface area contributed by atoms with Gasteiger partial charge in [0.2, 0.25) is 0 Å². The van der Waals surface area contributed by atoms with Gasteiger partial charge in [-0.15, -0.1) is 0 Å². The van der Waals surface area contributed by atoms with Crippen LogP contribution >= 0.6 is 0 Å². The summed E-state index contributed by atoms with van der Waals surface area (Å²) in [5.41, 5.74) is 0. The Morgan fingerprint density at radius 1 is 0.471 bits per heavy atom. The van der Waals surface area contributed by atoms with Crippen LogP contribution in [0.2, 0.25) is 0 Å². The largest absolute Gasteiger partial charge is 0.462 e. The molecule has 0 saturated heterocycles. The summed E-state index contributed by atoms with van der Waals surface area (Å²) in [6.45, 7) is 3.99. The third-order valence-corrected chi connectivity index (χ3v) is 9.08. The minimum Gasteiger partial charge on any atom is -0.462 e. The summed E-state index contributed by atoms with van der Waals surface area (Å²) >= 11 is 0. The highest BCUT2D eigenvalue weighted by atomic mass is 16.6. The molecule has 0 fully saturated rings. The lowest BCUT2D eigenvalue weighted by molar-refractivity contribution is -0.161. The second-order valence-electron chi connectivity index (χ2n) is 14.0. The number of allylic oxidation sites excluding steroid dienone is 10. The molecule has 0 amide bonds. The van der Waals surface area contributed by atoms with Crippen LogP contribution in [-0.2, 0) is 19.1 Å². The van der Waals surface area contributed by atoms with Gasteiger partial charge in [0.15, 0.2) is 6.10 Å². The normalized spacial score (nSPS) is 12.8. The van der Waals surface area contributed by atoms with Crippen molar-refractivity contribution in [1.29, 1.82) is 0 Å². The molecule has 0 radical (unpaired) electrons. The van der Waals surface area contributed by atoms with Crippen molar-refractivity contribution in [2.75, 3.05) is 13.2 Å². The van der Waals surface area contributed by atoms with Crippen LogP contribution in [0.4, 0.5) is 0 Å². The molecule has 0 spiro atoms. The van der Waals surface area contributed by atoms with Crippen LogP contribution in [0, 0.1) is 0 Å². The smallest absolute Gasteiger partial charge is 0.306 e. The van der Waals surface area contributed by atoms with Crippen LogP contribution in [0.15, 0.2) is 60.8 Å². The van der Waals surface area contributed by atoms with Gasteiger partial charge in [0, 0.05) is 12.8 Å². The van der Waals surface area contributed by atoms with E-state index in [0.717, 1.165) is 70.6 Å². The fourth-order valence-corrected chi connectivity index (χ4v) is 5.87. The van der Waals surface area contributed by atoms with E-state index in [1.165, 1.54) is 103 Å². The molecular formula is C46H80O5. The molecular weight excluding hydrogens is 633 g/mol. The Kier molecular flexibility index (Phi) is 40.0. The number of ether oxygens (including phenoxy) is 2. The van der Waals surface area contributed by atoms with E-state index in [2.05, 4.69) is 74.6 Å². The van der Waals surface area contributed by atoms with E-state index in [9.17, 15) is 14.7 Å². The Hall–Kier alpha value is -2.40. The molecule has 0 rings (SSSR count). The summed E-state index contributed by atoms with van der Waals surface area (Å²) in [6.07, 6.45) is 54.5. The third-order valence-electron chi connectivity index (χ3n) is 9.08. The molecule has 0 aromatic carbocycles. The maximum Gasteiger partial charge on any atom is 0.306 e. The first kappa shape index (κ1) is 48.6. The number of aliphatic hydroxyl groups excluding tert-OH is 1. The van der Waals surface area contributed by atoms with Crippen molar-refractivity contribution >= 4 is 11.9 Å². The molecule has 0 aromatic rings. The molecule has 0 aliphatic carbocycles. The predicted molar refractivity (Wildman–Crippen MR) is 219 cm³/mol. The Labute approximate surface area is 315 Å². The van der Waals surface area contributed by atoms with E-state index in [-0.39, 0.29) is 25.2 Å². The number of hydrogen-bond acceptors (Lipinski definition) is 5. The average molecular weight is 713 g/mol. The quantitative estimate of drug-likeness (QED) is 0.0392. The lowest BCUT2D eigenvalue weighted by Gasteiger charge is -2.15. The Morgan fingerprint density at radius 2 is 0.843 bits per heavy atom. The lowest BCUT2D eigenvalue weighted by Crippen LogP contribution is -2.28. The van der Waals surface area contributed by atoms with Crippen molar-refractivity contribution in [3.8, 4) is 0 Å². The van der Waals surface area contributed by atoms with E-state index >= 15 is 0 Å². The van der Waals surface area contributed by atoms with E-state index in [4.69, 9.17) is 9.47 Å². The van der Waals surface area contributed by atoms with Crippen LogP contribution in [-0.4, -0.2) is 36.4 Å². The third kappa shape index (κ3) is 40.2. The minimum absolute atomic E-state index is 0.0656. The summed E-state index contributed by atoms with van der Waals surface area (Å²) in [5.74, 6) is -0.596. The number of carbonyl (C=O) groups excluding carboxylic acids is 2. The molecule has 1 atom stereocenters. The monoisotopic (exact) mass is 713 g/mol. The standard InChI is InChI=1S/C46H80O5/c1-3-5-7-9-11-13-14-15-16-17-18-19-20-21-22-23-24-25-26-27-28-29-30-31-32-33-35-37-39-41-46(49)51-44(42-47)43-50-45(48)40-38-36-34-12-10-8-6-4-2/h5,7,11,13,15-16,18-19,21-22,44,47H,3-4,6,8-10,12,14,17,20,23-43H2,1-2H3/b7-5-,13-11-,16-15-,19-18-,22-21-. The van der Waals surface area contributed by atoms with E-state index < -0.39 is 6.10 Å². The maximum atomic E-state index is 12.2. The van der Waals surface area contributed by atoms with Gasteiger partial charge in [-0.25, -0.2) is 0 Å². The molecule has 5 heteroatoms. The first-order chi connectivity index (χ1) is 25.1. The zero-order valence-corrected chi connectivity index (χ0v) is 33.4. The highest BCUT2D eigenvalue weighted by Gasteiger charge is 2.16.